The summed E-state index contributed by atoms with van der Waals surface area (Å²) in [5.41, 5.74) is 7.98. The Kier molecular flexibility index (Phi) is 5.11. The molecule has 0 saturated carbocycles. The molecule has 0 aromatic carbocycles. The molecule has 1 aromatic heterocycles. The third kappa shape index (κ3) is 3.77. The van der Waals surface area contributed by atoms with Crippen LogP contribution >= 0.6 is 0 Å². The van der Waals surface area contributed by atoms with Gasteiger partial charge in [-0.05, 0) is 44.6 Å². The third-order valence-corrected chi connectivity index (χ3v) is 3.61. The fourth-order valence-electron chi connectivity index (χ4n) is 2.49. The Morgan fingerprint density at radius 3 is 2.89 bits per heavy atom. The molecule has 2 heterocycles. The van der Waals surface area contributed by atoms with E-state index in [1.165, 1.54) is 38.0 Å². The molecule has 0 aliphatic carbocycles. The smallest absolute Gasteiger partial charge is 0.0584 e. The van der Waals surface area contributed by atoms with Crippen LogP contribution in [0, 0.1) is 0 Å². The number of hydrogen-bond donors (Lipinski definition) is 1. The number of likely N-dealkylation sites (tertiary alicyclic amines) is 1. The highest BCUT2D eigenvalue weighted by Gasteiger charge is 2.12. The first-order valence-corrected chi connectivity index (χ1v) is 6.83. The summed E-state index contributed by atoms with van der Waals surface area (Å²) < 4.78 is 0. The molecule has 0 spiro atoms. The van der Waals surface area contributed by atoms with E-state index in [9.17, 15) is 0 Å². The van der Waals surface area contributed by atoms with Crippen LogP contribution in [0.1, 0.15) is 24.1 Å². The quantitative estimate of drug-likeness (QED) is 0.818. The van der Waals surface area contributed by atoms with Crippen LogP contribution in [0.5, 0.6) is 0 Å². The Labute approximate surface area is 110 Å². The number of likely N-dealkylation sites (N-methyl/N-ethyl adjacent to an activating group) is 1. The van der Waals surface area contributed by atoms with Gasteiger partial charge in [-0.2, -0.15) is 0 Å². The Morgan fingerprint density at radius 2 is 2.17 bits per heavy atom. The standard InChI is InChI=1S/C14H24N4/c1-17(9-10-18-7-2-3-8-18)12-13-5-4-6-16-14(13)11-15/h4-6H,2-3,7-12,15H2,1H3. The van der Waals surface area contributed by atoms with Gasteiger partial charge in [0.1, 0.15) is 0 Å². The lowest BCUT2D eigenvalue weighted by atomic mass is 10.2. The van der Waals surface area contributed by atoms with E-state index in [1.54, 1.807) is 0 Å². The molecule has 0 atom stereocenters. The topological polar surface area (TPSA) is 45.4 Å². The van der Waals surface area contributed by atoms with E-state index in [2.05, 4.69) is 27.9 Å². The zero-order chi connectivity index (χ0) is 12.8. The van der Waals surface area contributed by atoms with Crippen molar-refractivity contribution in [1.82, 2.24) is 14.8 Å². The number of aromatic nitrogens is 1. The highest BCUT2D eigenvalue weighted by Crippen LogP contribution is 2.09. The fourth-order valence-corrected chi connectivity index (χ4v) is 2.49. The van der Waals surface area contributed by atoms with Crippen molar-refractivity contribution in [2.24, 2.45) is 5.73 Å². The highest BCUT2D eigenvalue weighted by atomic mass is 15.2. The number of hydrogen-bond acceptors (Lipinski definition) is 4. The summed E-state index contributed by atoms with van der Waals surface area (Å²) in [6.07, 6.45) is 4.54. The van der Waals surface area contributed by atoms with E-state index in [0.717, 1.165) is 18.8 Å². The molecule has 1 aliphatic heterocycles. The van der Waals surface area contributed by atoms with Crippen molar-refractivity contribution in [2.45, 2.75) is 25.9 Å². The summed E-state index contributed by atoms with van der Waals surface area (Å²) in [7, 11) is 2.17. The number of rotatable bonds is 6. The summed E-state index contributed by atoms with van der Waals surface area (Å²) in [4.78, 5) is 9.23. The molecule has 18 heavy (non-hydrogen) atoms. The van der Waals surface area contributed by atoms with E-state index < -0.39 is 0 Å². The molecular weight excluding hydrogens is 224 g/mol. The number of pyridine rings is 1. The molecular formula is C14H24N4. The average molecular weight is 248 g/mol. The molecule has 1 saturated heterocycles. The molecule has 0 radical (unpaired) electrons. The lowest BCUT2D eigenvalue weighted by Gasteiger charge is -2.22. The predicted octanol–water partition coefficient (Wildman–Crippen LogP) is 1.07. The molecule has 100 valence electrons. The Hall–Kier alpha value is -0.970. The van der Waals surface area contributed by atoms with E-state index in [4.69, 9.17) is 5.73 Å². The lowest BCUT2D eigenvalue weighted by molar-refractivity contribution is 0.252. The van der Waals surface area contributed by atoms with Gasteiger partial charge in [0.15, 0.2) is 0 Å². The maximum Gasteiger partial charge on any atom is 0.0584 e. The maximum atomic E-state index is 5.71. The van der Waals surface area contributed by atoms with Gasteiger partial charge in [-0.1, -0.05) is 6.07 Å². The van der Waals surface area contributed by atoms with Crippen molar-refractivity contribution in [1.29, 1.82) is 0 Å². The monoisotopic (exact) mass is 248 g/mol. The van der Waals surface area contributed by atoms with Gasteiger partial charge in [0, 0.05) is 32.4 Å². The van der Waals surface area contributed by atoms with Crippen LogP contribution < -0.4 is 5.73 Å². The van der Waals surface area contributed by atoms with Crippen molar-refractivity contribution in [3.05, 3.63) is 29.6 Å². The third-order valence-electron chi connectivity index (χ3n) is 3.61. The van der Waals surface area contributed by atoms with Crippen LogP contribution in [-0.4, -0.2) is 48.0 Å². The normalized spacial score (nSPS) is 16.6. The molecule has 0 amide bonds. The molecule has 4 nitrogen and oxygen atoms in total. The summed E-state index contributed by atoms with van der Waals surface area (Å²) in [6.45, 7) is 6.29. The van der Waals surface area contributed by atoms with Crippen molar-refractivity contribution >= 4 is 0 Å². The van der Waals surface area contributed by atoms with Gasteiger partial charge < -0.3 is 15.5 Å². The molecule has 1 aliphatic rings. The maximum absolute atomic E-state index is 5.71. The number of nitrogens with zero attached hydrogens (tertiary/aromatic N) is 3. The molecule has 4 heteroatoms. The zero-order valence-electron chi connectivity index (χ0n) is 11.3. The Bertz CT molecular complexity index is 361. The first kappa shape index (κ1) is 13.5. The Balaban J connectivity index is 1.80. The minimum Gasteiger partial charge on any atom is -0.325 e. The van der Waals surface area contributed by atoms with Crippen LogP contribution in [0.2, 0.25) is 0 Å². The fraction of sp³-hybridized carbons (Fsp3) is 0.643. The zero-order valence-corrected chi connectivity index (χ0v) is 11.3. The molecule has 1 fully saturated rings. The predicted molar refractivity (Wildman–Crippen MR) is 74.1 cm³/mol. The van der Waals surface area contributed by atoms with Crippen molar-refractivity contribution in [3.8, 4) is 0 Å². The number of nitrogens with two attached hydrogens (primary N) is 1. The summed E-state index contributed by atoms with van der Waals surface area (Å²) >= 11 is 0. The van der Waals surface area contributed by atoms with E-state index in [1.807, 2.05) is 12.3 Å². The van der Waals surface area contributed by atoms with E-state index >= 15 is 0 Å². The molecule has 0 bridgehead atoms. The van der Waals surface area contributed by atoms with Crippen molar-refractivity contribution in [3.63, 3.8) is 0 Å². The lowest BCUT2D eigenvalue weighted by Crippen LogP contribution is -2.31. The second-order valence-electron chi connectivity index (χ2n) is 5.10. The van der Waals surface area contributed by atoms with Crippen LogP contribution in [0.4, 0.5) is 0 Å². The first-order valence-electron chi connectivity index (χ1n) is 6.83. The van der Waals surface area contributed by atoms with Gasteiger partial charge in [0.05, 0.1) is 5.69 Å². The van der Waals surface area contributed by atoms with Crippen molar-refractivity contribution < 1.29 is 0 Å². The van der Waals surface area contributed by atoms with Gasteiger partial charge in [-0.3, -0.25) is 4.98 Å². The second-order valence-corrected chi connectivity index (χ2v) is 5.10. The summed E-state index contributed by atoms with van der Waals surface area (Å²) in [6, 6.07) is 4.12. The Morgan fingerprint density at radius 1 is 1.39 bits per heavy atom. The van der Waals surface area contributed by atoms with E-state index in [0.29, 0.717) is 6.54 Å². The van der Waals surface area contributed by atoms with Crippen LogP contribution in [-0.2, 0) is 13.1 Å². The molecule has 2 rings (SSSR count). The van der Waals surface area contributed by atoms with Gasteiger partial charge >= 0.3 is 0 Å². The summed E-state index contributed by atoms with van der Waals surface area (Å²) in [5, 5.41) is 0. The van der Waals surface area contributed by atoms with Gasteiger partial charge in [-0.15, -0.1) is 0 Å². The minimum absolute atomic E-state index is 0.524. The highest BCUT2D eigenvalue weighted by molar-refractivity contribution is 5.19. The van der Waals surface area contributed by atoms with Crippen LogP contribution in [0.15, 0.2) is 18.3 Å². The average Bonchev–Trinajstić information content (AvgIpc) is 2.90. The molecule has 2 N–H and O–H groups in total. The van der Waals surface area contributed by atoms with E-state index in [-0.39, 0.29) is 0 Å². The second kappa shape index (κ2) is 6.83. The summed E-state index contributed by atoms with van der Waals surface area (Å²) in [5.74, 6) is 0. The molecule has 1 aromatic rings. The van der Waals surface area contributed by atoms with Gasteiger partial charge in [0.2, 0.25) is 0 Å². The van der Waals surface area contributed by atoms with Crippen LogP contribution in [0.25, 0.3) is 0 Å². The van der Waals surface area contributed by atoms with Gasteiger partial charge in [-0.25, -0.2) is 0 Å². The minimum atomic E-state index is 0.524. The van der Waals surface area contributed by atoms with Crippen molar-refractivity contribution in [2.75, 3.05) is 33.2 Å². The van der Waals surface area contributed by atoms with Crippen LogP contribution in [0.3, 0.4) is 0 Å². The van der Waals surface area contributed by atoms with Gasteiger partial charge in [0.25, 0.3) is 0 Å². The first-order chi connectivity index (χ1) is 8.79. The SMILES string of the molecule is CN(CCN1CCCC1)Cc1cccnc1CN. The largest absolute Gasteiger partial charge is 0.325 e. The molecule has 0 unspecified atom stereocenters.